The number of aliphatic hydroxyl groups is 1. The Bertz CT molecular complexity index is 423. The fourth-order valence-electron chi connectivity index (χ4n) is 3.31. The van der Waals surface area contributed by atoms with Gasteiger partial charge in [-0.1, -0.05) is 30.7 Å². The molecule has 0 aromatic heterocycles. The predicted molar refractivity (Wildman–Crippen MR) is 81.3 cm³/mol. The van der Waals surface area contributed by atoms with Gasteiger partial charge in [0.2, 0.25) is 0 Å². The summed E-state index contributed by atoms with van der Waals surface area (Å²) >= 11 is 2.02. The minimum Gasteiger partial charge on any atom is -0.393 e. The van der Waals surface area contributed by atoms with Crippen molar-refractivity contribution in [3.05, 3.63) is 35.4 Å². The lowest BCUT2D eigenvalue weighted by molar-refractivity contribution is 0.0998. The van der Waals surface area contributed by atoms with Crippen LogP contribution < -0.4 is 5.32 Å². The Morgan fingerprint density at radius 1 is 1.26 bits per heavy atom. The van der Waals surface area contributed by atoms with E-state index < -0.39 is 0 Å². The summed E-state index contributed by atoms with van der Waals surface area (Å²) in [5.41, 5.74) is 2.97. The second kappa shape index (κ2) is 6.29. The van der Waals surface area contributed by atoms with Crippen molar-refractivity contribution in [2.24, 2.45) is 5.92 Å². The lowest BCUT2D eigenvalue weighted by Gasteiger charge is -2.30. The highest BCUT2D eigenvalue weighted by atomic mass is 32.2. The molecule has 2 nitrogen and oxygen atoms in total. The van der Waals surface area contributed by atoms with Crippen molar-refractivity contribution in [1.29, 1.82) is 0 Å². The van der Waals surface area contributed by atoms with E-state index in [-0.39, 0.29) is 6.10 Å². The van der Waals surface area contributed by atoms with Crippen LogP contribution in [0.1, 0.15) is 42.9 Å². The Balaban J connectivity index is 1.59. The molecular formula is C16H23NOS. The zero-order chi connectivity index (χ0) is 13.1. The number of aliphatic hydroxyl groups excluding tert-OH is 1. The van der Waals surface area contributed by atoms with Gasteiger partial charge >= 0.3 is 0 Å². The fourth-order valence-corrected chi connectivity index (χ4v) is 4.44. The number of rotatable bonds is 3. The van der Waals surface area contributed by atoms with Crippen molar-refractivity contribution in [1.82, 2.24) is 5.32 Å². The van der Waals surface area contributed by atoms with Crippen LogP contribution in [0.5, 0.6) is 0 Å². The number of hydrogen-bond acceptors (Lipinski definition) is 3. The van der Waals surface area contributed by atoms with E-state index in [1.165, 1.54) is 29.7 Å². The Labute approximate surface area is 120 Å². The number of thioether (sulfide) groups is 1. The molecule has 0 radical (unpaired) electrons. The lowest BCUT2D eigenvalue weighted by atomic mass is 9.87. The predicted octanol–water partition coefficient (Wildman–Crippen LogP) is 3.12. The minimum atomic E-state index is -0.0615. The van der Waals surface area contributed by atoms with E-state index in [1.54, 1.807) is 0 Å². The Kier molecular flexibility index (Phi) is 4.46. The molecule has 1 heterocycles. The van der Waals surface area contributed by atoms with Gasteiger partial charge in [-0.15, -0.1) is 0 Å². The van der Waals surface area contributed by atoms with Gasteiger partial charge in [-0.25, -0.2) is 0 Å². The largest absolute Gasteiger partial charge is 0.393 e. The maximum Gasteiger partial charge on any atom is 0.0543 e. The molecule has 3 unspecified atom stereocenters. The normalized spacial score (nSPS) is 30.9. The van der Waals surface area contributed by atoms with Gasteiger partial charge in [-0.2, -0.15) is 11.8 Å². The van der Waals surface area contributed by atoms with Crippen molar-refractivity contribution in [3.63, 3.8) is 0 Å². The molecule has 0 bridgehead atoms. The first-order chi connectivity index (χ1) is 9.33. The second-order valence-electron chi connectivity index (χ2n) is 5.86. The van der Waals surface area contributed by atoms with Crippen LogP contribution in [-0.4, -0.2) is 23.5 Å². The molecule has 1 aromatic carbocycles. The first-order valence-electron chi connectivity index (χ1n) is 7.40. The first kappa shape index (κ1) is 13.5. The van der Waals surface area contributed by atoms with Crippen molar-refractivity contribution in [2.45, 2.75) is 43.6 Å². The highest BCUT2D eigenvalue weighted by Gasteiger charge is 2.23. The van der Waals surface area contributed by atoms with Crippen LogP contribution in [0.25, 0.3) is 0 Å². The molecule has 19 heavy (non-hydrogen) atoms. The van der Waals surface area contributed by atoms with Crippen LogP contribution in [0.4, 0.5) is 0 Å². The van der Waals surface area contributed by atoms with Crippen LogP contribution in [0, 0.1) is 5.92 Å². The fraction of sp³-hybridized carbons (Fsp3) is 0.625. The van der Waals surface area contributed by atoms with Gasteiger partial charge in [0.1, 0.15) is 0 Å². The highest BCUT2D eigenvalue weighted by Crippen LogP contribution is 2.32. The third kappa shape index (κ3) is 3.33. The summed E-state index contributed by atoms with van der Waals surface area (Å²) in [6.45, 7) is 1.05. The summed E-state index contributed by atoms with van der Waals surface area (Å²) in [4.78, 5) is 0. The van der Waals surface area contributed by atoms with E-state index in [2.05, 4.69) is 29.6 Å². The summed E-state index contributed by atoms with van der Waals surface area (Å²) in [5.74, 6) is 2.98. The van der Waals surface area contributed by atoms with E-state index in [4.69, 9.17) is 0 Å². The third-order valence-electron chi connectivity index (χ3n) is 4.38. The lowest BCUT2D eigenvalue weighted by Crippen LogP contribution is -2.33. The number of nitrogens with one attached hydrogen (secondary N) is 1. The maximum atomic E-state index is 9.74. The molecule has 3 atom stereocenters. The molecule has 0 saturated heterocycles. The van der Waals surface area contributed by atoms with E-state index in [1.807, 2.05) is 11.8 Å². The van der Waals surface area contributed by atoms with Crippen LogP contribution in [0.3, 0.4) is 0 Å². The molecule has 1 saturated carbocycles. The minimum absolute atomic E-state index is 0.0615. The summed E-state index contributed by atoms with van der Waals surface area (Å²) < 4.78 is 0. The molecule has 1 aliphatic heterocycles. The summed E-state index contributed by atoms with van der Waals surface area (Å²) in [7, 11) is 0. The number of hydrogen-bond donors (Lipinski definition) is 2. The molecular weight excluding hydrogens is 254 g/mol. The summed E-state index contributed by atoms with van der Waals surface area (Å²) in [5, 5.41) is 13.5. The van der Waals surface area contributed by atoms with Gasteiger partial charge in [0.05, 0.1) is 6.10 Å². The molecule has 1 aliphatic carbocycles. The monoisotopic (exact) mass is 277 g/mol. The molecule has 2 N–H and O–H groups in total. The highest BCUT2D eigenvalue weighted by molar-refractivity contribution is 7.98. The van der Waals surface area contributed by atoms with Gasteiger partial charge in [0.15, 0.2) is 0 Å². The van der Waals surface area contributed by atoms with E-state index in [0.29, 0.717) is 12.0 Å². The zero-order valence-electron chi connectivity index (χ0n) is 11.3. The number of benzene rings is 1. The smallest absolute Gasteiger partial charge is 0.0543 e. The molecule has 104 valence electrons. The molecule has 0 spiro atoms. The third-order valence-corrected chi connectivity index (χ3v) is 5.46. The van der Waals surface area contributed by atoms with Crippen LogP contribution >= 0.6 is 11.8 Å². The Morgan fingerprint density at radius 2 is 2.16 bits per heavy atom. The molecule has 1 aromatic rings. The topological polar surface area (TPSA) is 32.3 Å². The molecule has 3 rings (SSSR count). The van der Waals surface area contributed by atoms with E-state index in [9.17, 15) is 5.11 Å². The van der Waals surface area contributed by atoms with Gasteiger partial charge < -0.3 is 10.4 Å². The van der Waals surface area contributed by atoms with Gasteiger partial charge in [-0.05, 0) is 42.9 Å². The van der Waals surface area contributed by atoms with Crippen LogP contribution in [0.15, 0.2) is 24.3 Å². The van der Waals surface area contributed by atoms with Crippen molar-refractivity contribution >= 4 is 11.8 Å². The standard InChI is InChI=1S/C16H23NOS/c18-14-6-3-4-12(8-14)9-17-16-11-19-10-13-5-1-2-7-15(13)16/h1-2,5,7,12,14,16-18H,3-4,6,8-11H2. The van der Waals surface area contributed by atoms with Crippen LogP contribution in [-0.2, 0) is 5.75 Å². The second-order valence-corrected chi connectivity index (χ2v) is 6.89. The SMILES string of the molecule is OC1CCCC(CNC2CSCc3ccccc32)C1. The zero-order valence-corrected chi connectivity index (χ0v) is 12.2. The van der Waals surface area contributed by atoms with Crippen molar-refractivity contribution in [2.75, 3.05) is 12.3 Å². The van der Waals surface area contributed by atoms with Gasteiger partial charge in [-0.3, -0.25) is 0 Å². The van der Waals surface area contributed by atoms with Crippen molar-refractivity contribution in [3.8, 4) is 0 Å². The van der Waals surface area contributed by atoms with Crippen LogP contribution in [0.2, 0.25) is 0 Å². The quantitative estimate of drug-likeness (QED) is 0.890. The average molecular weight is 277 g/mol. The molecule has 0 amide bonds. The average Bonchev–Trinajstić information content (AvgIpc) is 2.45. The first-order valence-corrected chi connectivity index (χ1v) is 8.55. The molecule has 2 aliphatic rings. The molecule has 3 heteroatoms. The van der Waals surface area contributed by atoms with Crippen molar-refractivity contribution < 1.29 is 5.11 Å². The van der Waals surface area contributed by atoms with E-state index in [0.717, 1.165) is 25.1 Å². The van der Waals surface area contributed by atoms with Gasteiger partial charge in [0, 0.05) is 17.5 Å². The van der Waals surface area contributed by atoms with E-state index >= 15 is 0 Å². The summed E-state index contributed by atoms with van der Waals surface area (Å²) in [6, 6.07) is 9.30. The number of fused-ring (bicyclic) bond motifs is 1. The Hall–Kier alpha value is -0.510. The maximum absolute atomic E-state index is 9.74. The Morgan fingerprint density at radius 3 is 3.05 bits per heavy atom. The summed E-state index contributed by atoms with van der Waals surface area (Å²) in [6.07, 6.45) is 4.37. The van der Waals surface area contributed by atoms with Gasteiger partial charge in [0.25, 0.3) is 0 Å². The molecule has 1 fully saturated rings.